The summed E-state index contributed by atoms with van der Waals surface area (Å²) in [6.07, 6.45) is 1.84. The molecule has 3 N–H and O–H groups in total. The molecule has 0 saturated carbocycles. The molecule has 2 aromatic rings. The summed E-state index contributed by atoms with van der Waals surface area (Å²) in [6, 6.07) is 11.5. The van der Waals surface area contributed by atoms with Gasteiger partial charge in [0.15, 0.2) is 0 Å². The zero-order valence-electron chi connectivity index (χ0n) is 11.2. The van der Waals surface area contributed by atoms with Gasteiger partial charge in [-0.05, 0) is 54.3 Å². The van der Waals surface area contributed by atoms with Crippen molar-refractivity contribution in [3.05, 3.63) is 63.1 Å². The van der Waals surface area contributed by atoms with E-state index in [0.717, 1.165) is 23.6 Å². The van der Waals surface area contributed by atoms with Gasteiger partial charge in [-0.15, -0.1) is 0 Å². The van der Waals surface area contributed by atoms with Crippen molar-refractivity contribution in [1.29, 1.82) is 0 Å². The number of carbonyl (C=O) groups excluding carboxylic acids is 1. The van der Waals surface area contributed by atoms with Crippen molar-refractivity contribution in [1.82, 2.24) is 0 Å². The molecule has 3 nitrogen and oxygen atoms in total. The van der Waals surface area contributed by atoms with E-state index in [1.165, 1.54) is 11.1 Å². The van der Waals surface area contributed by atoms with Crippen molar-refractivity contribution < 1.29 is 4.79 Å². The number of halogens is 2. The van der Waals surface area contributed by atoms with E-state index in [2.05, 4.69) is 11.4 Å². The number of carbonyl (C=O) groups is 1. The van der Waals surface area contributed by atoms with E-state index in [4.69, 9.17) is 28.9 Å². The van der Waals surface area contributed by atoms with Crippen molar-refractivity contribution in [3.8, 4) is 0 Å². The summed E-state index contributed by atoms with van der Waals surface area (Å²) in [5.41, 5.74) is 9.06. The van der Waals surface area contributed by atoms with Crippen LogP contribution in [0.25, 0.3) is 0 Å². The summed E-state index contributed by atoms with van der Waals surface area (Å²) >= 11 is 12.0. The summed E-state index contributed by atoms with van der Waals surface area (Å²) in [7, 11) is 0. The van der Waals surface area contributed by atoms with Crippen molar-refractivity contribution in [3.63, 3.8) is 0 Å². The highest BCUT2D eigenvalue weighted by Gasteiger charge is 2.21. The molecule has 1 unspecified atom stereocenters. The van der Waals surface area contributed by atoms with Crippen LogP contribution in [0.3, 0.4) is 0 Å². The molecule has 21 heavy (non-hydrogen) atoms. The van der Waals surface area contributed by atoms with E-state index in [9.17, 15) is 4.79 Å². The number of nitrogens with two attached hydrogens (primary N) is 1. The van der Waals surface area contributed by atoms with E-state index in [1.54, 1.807) is 12.1 Å². The van der Waals surface area contributed by atoms with Crippen LogP contribution in [0, 0.1) is 0 Å². The molecule has 0 spiro atoms. The molecule has 108 valence electrons. The Hall–Kier alpha value is -1.71. The Labute approximate surface area is 133 Å². The summed E-state index contributed by atoms with van der Waals surface area (Å²) in [4.78, 5) is 11.3. The van der Waals surface area contributed by atoms with Gasteiger partial charge in [-0.1, -0.05) is 29.3 Å². The lowest BCUT2D eigenvalue weighted by Crippen LogP contribution is -2.20. The standard InChI is InChI=1S/C16H14Cl2N2O/c17-11-2-1-9-6-13(7-10(9)5-11)20-12-3-4-15(18)14(8-12)16(19)21/h1-5,8,13,20H,6-7H2,(H2,19,21). The van der Waals surface area contributed by atoms with Gasteiger partial charge in [-0.2, -0.15) is 0 Å². The van der Waals surface area contributed by atoms with E-state index in [0.29, 0.717) is 10.6 Å². The molecular weight excluding hydrogens is 307 g/mol. The predicted octanol–water partition coefficient (Wildman–Crippen LogP) is 3.67. The first-order chi connectivity index (χ1) is 10.0. The van der Waals surface area contributed by atoms with Crippen LogP contribution >= 0.6 is 23.2 Å². The molecule has 1 aliphatic rings. The van der Waals surface area contributed by atoms with Crippen molar-refractivity contribution in [2.75, 3.05) is 5.32 Å². The van der Waals surface area contributed by atoms with Gasteiger partial charge in [0.2, 0.25) is 5.91 Å². The zero-order valence-corrected chi connectivity index (χ0v) is 12.7. The molecule has 2 aromatic carbocycles. The highest BCUT2D eigenvalue weighted by Crippen LogP contribution is 2.28. The summed E-state index contributed by atoms with van der Waals surface area (Å²) in [6.45, 7) is 0. The smallest absolute Gasteiger partial charge is 0.250 e. The SMILES string of the molecule is NC(=O)c1cc(NC2Cc3ccc(Cl)cc3C2)ccc1Cl. The molecule has 1 aliphatic carbocycles. The van der Waals surface area contributed by atoms with Crippen LogP contribution in [0.4, 0.5) is 5.69 Å². The quantitative estimate of drug-likeness (QED) is 0.906. The highest BCUT2D eigenvalue weighted by atomic mass is 35.5. The van der Waals surface area contributed by atoms with Crippen molar-refractivity contribution in [2.45, 2.75) is 18.9 Å². The van der Waals surface area contributed by atoms with Gasteiger partial charge in [-0.25, -0.2) is 0 Å². The summed E-state index contributed by atoms with van der Waals surface area (Å²) < 4.78 is 0. The maximum absolute atomic E-state index is 11.3. The number of nitrogens with one attached hydrogen (secondary N) is 1. The lowest BCUT2D eigenvalue weighted by atomic mass is 10.1. The van der Waals surface area contributed by atoms with Gasteiger partial charge < -0.3 is 11.1 Å². The molecule has 0 aliphatic heterocycles. The van der Waals surface area contributed by atoms with E-state index in [-0.39, 0.29) is 6.04 Å². The van der Waals surface area contributed by atoms with Gasteiger partial charge in [0.1, 0.15) is 0 Å². The molecule has 0 heterocycles. The second-order valence-corrected chi connectivity index (χ2v) is 6.07. The van der Waals surface area contributed by atoms with Gasteiger partial charge in [-0.3, -0.25) is 4.79 Å². The monoisotopic (exact) mass is 320 g/mol. The van der Waals surface area contributed by atoms with Crippen LogP contribution in [0.2, 0.25) is 10.0 Å². The van der Waals surface area contributed by atoms with Crippen molar-refractivity contribution >= 4 is 34.8 Å². The number of fused-ring (bicyclic) bond motifs is 1. The van der Waals surface area contributed by atoms with Crippen LogP contribution < -0.4 is 11.1 Å². The summed E-state index contributed by atoms with van der Waals surface area (Å²) in [5, 5.41) is 4.55. The van der Waals surface area contributed by atoms with Crippen LogP contribution in [0.15, 0.2) is 36.4 Å². The van der Waals surface area contributed by atoms with E-state index >= 15 is 0 Å². The first kappa shape index (κ1) is 14.2. The zero-order chi connectivity index (χ0) is 15.0. The fourth-order valence-electron chi connectivity index (χ4n) is 2.73. The number of hydrogen-bond acceptors (Lipinski definition) is 2. The minimum Gasteiger partial charge on any atom is -0.382 e. The third kappa shape index (κ3) is 2.99. The average molecular weight is 321 g/mol. The van der Waals surface area contributed by atoms with Crippen LogP contribution in [-0.2, 0) is 12.8 Å². The Morgan fingerprint density at radius 2 is 1.86 bits per heavy atom. The van der Waals surface area contributed by atoms with Gasteiger partial charge in [0.05, 0.1) is 10.6 Å². The number of primary amides is 1. The molecular formula is C16H14Cl2N2O. The van der Waals surface area contributed by atoms with Crippen LogP contribution in [-0.4, -0.2) is 11.9 Å². The Morgan fingerprint density at radius 1 is 1.10 bits per heavy atom. The first-order valence-electron chi connectivity index (χ1n) is 6.66. The third-order valence-corrected chi connectivity index (χ3v) is 4.27. The number of benzene rings is 2. The Morgan fingerprint density at radius 3 is 2.62 bits per heavy atom. The number of anilines is 1. The minimum absolute atomic E-state index is 0.278. The normalized spacial score (nSPS) is 16.6. The Balaban J connectivity index is 1.77. The van der Waals surface area contributed by atoms with E-state index < -0.39 is 5.91 Å². The third-order valence-electron chi connectivity index (χ3n) is 3.70. The fourth-order valence-corrected chi connectivity index (χ4v) is 3.13. The highest BCUT2D eigenvalue weighted by molar-refractivity contribution is 6.33. The topological polar surface area (TPSA) is 55.1 Å². The molecule has 0 radical (unpaired) electrons. The Kier molecular flexibility index (Phi) is 3.79. The molecule has 0 fully saturated rings. The molecule has 0 saturated heterocycles. The lowest BCUT2D eigenvalue weighted by Gasteiger charge is -2.14. The van der Waals surface area contributed by atoms with Gasteiger partial charge >= 0.3 is 0 Å². The fraction of sp³-hybridized carbons (Fsp3) is 0.188. The maximum atomic E-state index is 11.3. The minimum atomic E-state index is -0.523. The van der Waals surface area contributed by atoms with Crippen LogP contribution in [0.1, 0.15) is 21.5 Å². The molecule has 1 amide bonds. The average Bonchev–Trinajstić information content (AvgIpc) is 2.82. The largest absolute Gasteiger partial charge is 0.382 e. The number of rotatable bonds is 3. The maximum Gasteiger partial charge on any atom is 0.250 e. The van der Waals surface area contributed by atoms with Gasteiger partial charge in [0, 0.05) is 16.8 Å². The second kappa shape index (κ2) is 5.58. The molecule has 0 aromatic heterocycles. The first-order valence-corrected chi connectivity index (χ1v) is 7.42. The Bertz CT molecular complexity index is 715. The molecule has 5 heteroatoms. The van der Waals surface area contributed by atoms with Crippen LogP contribution in [0.5, 0.6) is 0 Å². The lowest BCUT2D eigenvalue weighted by molar-refractivity contribution is 0.100. The molecule has 0 bridgehead atoms. The molecule has 3 rings (SSSR count). The molecule has 1 atom stereocenters. The van der Waals surface area contributed by atoms with Gasteiger partial charge in [0.25, 0.3) is 0 Å². The number of amides is 1. The predicted molar refractivity (Wildman–Crippen MR) is 86.2 cm³/mol. The summed E-state index contributed by atoms with van der Waals surface area (Å²) in [5.74, 6) is -0.523. The van der Waals surface area contributed by atoms with Crippen molar-refractivity contribution in [2.24, 2.45) is 5.73 Å². The second-order valence-electron chi connectivity index (χ2n) is 5.22. The van der Waals surface area contributed by atoms with E-state index in [1.807, 2.05) is 18.2 Å². The number of hydrogen-bond donors (Lipinski definition) is 2.